The average Bonchev–Trinajstić information content (AvgIpc) is 2.47. The van der Waals surface area contributed by atoms with Crippen LogP contribution in [0.3, 0.4) is 0 Å². The van der Waals surface area contributed by atoms with Crippen molar-refractivity contribution in [2.45, 2.75) is 16.7 Å². The van der Waals surface area contributed by atoms with Gasteiger partial charge in [-0.05, 0) is 36.4 Å². The molecular formula is C15H12N2O4S. The standard InChI is InChI=1S/C15H12N2O4S/c1-11(19)17-13-5-3-7-15(9-13)22(20,21)14-6-2-4-12(8-14)16-10-18/h2-9H,1H3,(H,17,19). The van der Waals surface area contributed by atoms with Crippen LogP contribution in [0.25, 0.3) is 0 Å². The van der Waals surface area contributed by atoms with Crippen molar-refractivity contribution in [3.63, 3.8) is 0 Å². The highest BCUT2D eigenvalue weighted by Gasteiger charge is 2.18. The molecule has 0 saturated heterocycles. The second-order valence-corrected chi connectivity index (χ2v) is 6.36. The fourth-order valence-electron chi connectivity index (χ4n) is 1.85. The normalized spacial score (nSPS) is 10.6. The number of rotatable bonds is 4. The molecule has 0 aliphatic rings. The van der Waals surface area contributed by atoms with Crippen LogP contribution in [0.1, 0.15) is 6.92 Å². The molecule has 112 valence electrons. The Morgan fingerprint density at radius 1 is 1.09 bits per heavy atom. The van der Waals surface area contributed by atoms with Crippen molar-refractivity contribution < 1.29 is 18.0 Å². The number of amides is 1. The Morgan fingerprint density at radius 3 is 2.36 bits per heavy atom. The van der Waals surface area contributed by atoms with E-state index in [1.54, 1.807) is 6.07 Å². The molecule has 0 aromatic heterocycles. The van der Waals surface area contributed by atoms with Crippen LogP contribution in [0.2, 0.25) is 0 Å². The van der Waals surface area contributed by atoms with Gasteiger partial charge in [0.2, 0.25) is 21.8 Å². The van der Waals surface area contributed by atoms with E-state index >= 15 is 0 Å². The van der Waals surface area contributed by atoms with Crippen molar-refractivity contribution in [3.8, 4) is 0 Å². The Hall–Kier alpha value is -2.76. The Kier molecular flexibility index (Phi) is 4.50. The fraction of sp³-hybridized carbons (Fsp3) is 0.0667. The molecule has 6 nitrogen and oxygen atoms in total. The Morgan fingerprint density at radius 2 is 1.73 bits per heavy atom. The molecule has 0 spiro atoms. The first kappa shape index (κ1) is 15.6. The predicted octanol–water partition coefficient (Wildman–Crippen LogP) is 2.45. The van der Waals surface area contributed by atoms with E-state index in [2.05, 4.69) is 10.3 Å². The van der Waals surface area contributed by atoms with Crippen LogP contribution in [-0.2, 0) is 19.4 Å². The summed E-state index contributed by atoms with van der Waals surface area (Å²) in [5.41, 5.74) is 0.588. The number of aliphatic imine (C=N–C) groups is 1. The quantitative estimate of drug-likeness (QED) is 0.692. The third kappa shape index (κ3) is 3.46. The zero-order chi connectivity index (χ0) is 16.2. The van der Waals surface area contributed by atoms with Crippen molar-refractivity contribution >= 4 is 33.2 Å². The van der Waals surface area contributed by atoms with Crippen LogP contribution in [0.15, 0.2) is 63.3 Å². The summed E-state index contributed by atoms with van der Waals surface area (Å²) in [4.78, 5) is 24.8. The van der Waals surface area contributed by atoms with Gasteiger partial charge in [-0.15, -0.1) is 0 Å². The lowest BCUT2D eigenvalue weighted by Crippen LogP contribution is -2.07. The van der Waals surface area contributed by atoms with Crippen molar-refractivity contribution in [1.82, 2.24) is 0 Å². The average molecular weight is 316 g/mol. The molecule has 0 saturated carbocycles. The van der Waals surface area contributed by atoms with Gasteiger partial charge in [-0.25, -0.2) is 13.2 Å². The minimum atomic E-state index is -3.78. The number of anilines is 1. The molecule has 0 bridgehead atoms. The van der Waals surface area contributed by atoms with Gasteiger partial charge in [0.1, 0.15) is 0 Å². The Balaban J connectivity index is 2.48. The van der Waals surface area contributed by atoms with E-state index in [1.165, 1.54) is 55.5 Å². The van der Waals surface area contributed by atoms with E-state index in [0.717, 1.165) is 0 Å². The molecular weight excluding hydrogens is 304 g/mol. The summed E-state index contributed by atoms with van der Waals surface area (Å²) in [7, 11) is -3.78. The van der Waals surface area contributed by atoms with Crippen molar-refractivity contribution in [2.75, 3.05) is 5.32 Å². The van der Waals surface area contributed by atoms with E-state index in [1.807, 2.05) is 0 Å². The molecule has 7 heteroatoms. The third-order valence-corrected chi connectivity index (χ3v) is 4.52. The summed E-state index contributed by atoms with van der Waals surface area (Å²) in [6.07, 6.45) is 1.37. The molecule has 0 heterocycles. The molecule has 0 aliphatic heterocycles. The molecule has 0 unspecified atom stereocenters. The molecule has 0 radical (unpaired) electrons. The van der Waals surface area contributed by atoms with Gasteiger partial charge in [-0.1, -0.05) is 12.1 Å². The van der Waals surface area contributed by atoms with Crippen LogP contribution >= 0.6 is 0 Å². The van der Waals surface area contributed by atoms with Crippen molar-refractivity contribution in [2.24, 2.45) is 4.99 Å². The van der Waals surface area contributed by atoms with Crippen LogP contribution in [-0.4, -0.2) is 20.4 Å². The minimum absolute atomic E-state index is 0.00368. The number of carbonyl (C=O) groups excluding carboxylic acids is 2. The maximum atomic E-state index is 12.6. The van der Waals surface area contributed by atoms with Crippen molar-refractivity contribution in [1.29, 1.82) is 0 Å². The summed E-state index contributed by atoms with van der Waals surface area (Å²) < 4.78 is 25.2. The number of benzene rings is 2. The zero-order valence-electron chi connectivity index (χ0n) is 11.6. The van der Waals surface area contributed by atoms with Gasteiger partial charge in [0.05, 0.1) is 15.5 Å². The summed E-state index contributed by atoms with van der Waals surface area (Å²) in [5.74, 6) is -0.295. The fourth-order valence-corrected chi connectivity index (χ4v) is 3.20. The lowest BCUT2D eigenvalue weighted by Gasteiger charge is -2.07. The molecule has 0 atom stereocenters. The monoisotopic (exact) mass is 316 g/mol. The van der Waals surface area contributed by atoms with Crippen LogP contribution < -0.4 is 5.32 Å². The molecule has 2 aromatic rings. The maximum Gasteiger partial charge on any atom is 0.240 e. The molecule has 1 amide bonds. The van der Waals surface area contributed by atoms with Crippen molar-refractivity contribution in [3.05, 3.63) is 48.5 Å². The topological polar surface area (TPSA) is 92.7 Å². The summed E-state index contributed by atoms with van der Waals surface area (Å²) in [5, 5.41) is 2.53. The van der Waals surface area contributed by atoms with Gasteiger partial charge in [0.15, 0.2) is 0 Å². The van der Waals surface area contributed by atoms with E-state index in [0.29, 0.717) is 5.69 Å². The second kappa shape index (κ2) is 6.34. The second-order valence-electron chi connectivity index (χ2n) is 4.41. The lowest BCUT2D eigenvalue weighted by atomic mass is 10.3. The van der Waals surface area contributed by atoms with E-state index in [-0.39, 0.29) is 21.4 Å². The van der Waals surface area contributed by atoms with Crippen LogP contribution in [0, 0.1) is 0 Å². The molecule has 2 rings (SSSR count). The molecule has 0 aliphatic carbocycles. The number of hydrogen-bond donors (Lipinski definition) is 1. The number of nitrogens with one attached hydrogen (secondary N) is 1. The zero-order valence-corrected chi connectivity index (χ0v) is 12.4. The van der Waals surface area contributed by atoms with Gasteiger partial charge in [-0.3, -0.25) is 4.79 Å². The lowest BCUT2D eigenvalue weighted by molar-refractivity contribution is -0.114. The first-order chi connectivity index (χ1) is 10.4. The van der Waals surface area contributed by atoms with Gasteiger partial charge in [-0.2, -0.15) is 4.99 Å². The SMILES string of the molecule is CC(=O)Nc1cccc(S(=O)(=O)c2cccc(N=C=O)c2)c1. The summed E-state index contributed by atoms with van der Waals surface area (Å²) >= 11 is 0. The smallest absolute Gasteiger partial charge is 0.240 e. The van der Waals surface area contributed by atoms with Crippen LogP contribution in [0.5, 0.6) is 0 Å². The number of sulfone groups is 1. The van der Waals surface area contributed by atoms with Crippen LogP contribution in [0.4, 0.5) is 11.4 Å². The molecule has 0 fully saturated rings. The highest BCUT2D eigenvalue weighted by atomic mass is 32.2. The van der Waals surface area contributed by atoms with E-state index in [9.17, 15) is 18.0 Å². The first-order valence-electron chi connectivity index (χ1n) is 6.24. The Labute approximate surface area is 127 Å². The number of hydrogen-bond acceptors (Lipinski definition) is 5. The predicted molar refractivity (Wildman–Crippen MR) is 80.4 cm³/mol. The molecule has 2 aromatic carbocycles. The van der Waals surface area contributed by atoms with Gasteiger partial charge >= 0.3 is 0 Å². The largest absolute Gasteiger partial charge is 0.326 e. The van der Waals surface area contributed by atoms with E-state index < -0.39 is 9.84 Å². The first-order valence-corrected chi connectivity index (χ1v) is 7.72. The molecule has 22 heavy (non-hydrogen) atoms. The number of nitrogens with zero attached hydrogens (tertiary/aromatic N) is 1. The van der Waals surface area contributed by atoms with Gasteiger partial charge in [0.25, 0.3) is 0 Å². The number of isocyanates is 1. The minimum Gasteiger partial charge on any atom is -0.326 e. The highest BCUT2D eigenvalue weighted by Crippen LogP contribution is 2.26. The van der Waals surface area contributed by atoms with Gasteiger partial charge < -0.3 is 5.32 Å². The van der Waals surface area contributed by atoms with Gasteiger partial charge in [0, 0.05) is 12.6 Å². The molecule has 1 N–H and O–H groups in total. The summed E-state index contributed by atoms with van der Waals surface area (Å²) in [6.45, 7) is 1.34. The highest BCUT2D eigenvalue weighted by molar-refractivity contribution is 7.91. The van der Waals surface area contributed by atoms with E-state index in [4.69, 9.17) is 0 Å². The maximum absolute atomic E-state index is 12.6. The third-order valence-electron chi connectivity index (χ3n) is 2.77. The Bertz CT molecular complexity index is 869. The number of carbonyl (C=O) groups is 1. The summed E-state index contributed by atoms with van der Waals surface area (Å²) in [6, 6.07) is 11.6.